The van der Waals surface area contributed by atoms with E-state index >= 15 is 0 Å². The van der Waals surface area contributed by atoms with Crippen molar-refractivity contribution in [1.82, 2.24) is 9.97 Å². The van der Waals surface area contributed by atoms with Crippen LogP contribution in [0.5, 0.6) is 0 Å². The van der Waals surface area contributed by atoms with Crippen molar-refractivity contribution in [2.75, 3.05) is 0 Å². The molecule has 0 aliphatic rings. The van der Waals surface area contributed by atoms with Crippen molar-refractivity contribution in [1.29, 1.82) is 0 Å². The third kappa shape index (κ3) is 4.53. The first-order chi connectivity index (χ1) is 31.7. The third-order valence-corrected chi connectivity index (χ3v) is 14.5. The summed E-state index contributed by atoms with van der Waals surface area (Å²) in [6.45, 7) is 0. The zero-order chi connectivity index (χ0) is 41.6. The van der Waals surface area contributed by atoms with E-state index in [2.05, 4.69) is 198 Å². The number of benzene rings is 13. The molecule has 0 saturated carbocycles. The Morgan fingerprint density at radius 3 is 0.953 bits per heavy atom. The molecule has 0 bridgehead atoms. The maximum Gasteiger partial charge on any atom is 0.0708 e. The van der Waals surface area contributed by atoms with Gasteiger partial charge in [-0.2, -0.15) is 0 Å². The highest BCUT2D eigenvalue weighted by molar-refractivity contribution is 6.33. The Hall–Kier alpha value is -8.46. The molecule has 0 amide bonds. The second-order valence-electron chi connectivity index (χ2n) is 17.6. The zero-order valence-electron chi connectivity index (χ0n) is 34.5. The Bertz CT molecular complexity index is 4410. The first-order valence-electron chi connectivity index (χ1n) is 22.1. The lowest BCUT2D eigenvalue weighted by Gasteiger charge is -2.20. The fraction of sp³-hybridized carbons (Fsp3) is 0. The van der Waals surface area contributed by atoms with E-state index < -0.39 is 0 Å². The highest BCUT2D eigenvalue weighted by Crippen LogP contribution is 2.49. The Morgan fingerprint density at radius 1 is 0.219 bits per heavy atom. The van der Waals surface area contributed by atoms with Crippen molar-refractivity contribution in [2.24, 2.45) is 0 Å². The van der Waals surface area contributed by atoms with Gasteiger partial charge in [0.1, 0.15) is 0 Å². The molecule has 0 atom stereocenters. The molecular weight excluding hydrogens is 773 g/mol. The number of hydrogen-bond acceptors (Lipinski definition) is 2. The van der Waals surface area contributed by atoms with Crippen LogP contribution >= 0.6 is 0 Å². The zero-order valence-corrected chi connectivity index (χ0v) is 34.5. The van der Waals surface area contributed by atoms with Crippen LogP contribution in [0.4, 0.5) is 0 Å². The van der Waals surface area contributed by atoms with Crippen LogP contribution in [0.25, 0.3) is 152 Å². The van der Waals surface area contributed by atoms with Gasteiger partial charge in [0, 0.05) is 24.0 Å². The van der Waals surface area contributed by atoms with Crippen LogP contribution in [-0.2, 0) is 0 Å². The number of pyridine rings is 2. The monoisotopic (exact) mass is 806 g/mol. The molecule has 0 spiro atoms. The van der Waals surface area contributed by atoms with Crippen molar-refractivity contribution < 1.29 is 0 Å². The van der Waals surface area contributed by atoms with Gasteiger partial charge in [0.2, 0.25) is 0 Å². The molecule has 0 saturated heterocycles. The molecular formula is C62H34N2. The van der Waals surface area contributed by atoms with Crippen LogP contribution in [0.2, 0.25) is 0 Å². The SMILES string of the molecule is c1ccc2c(-c3ccc4ccc5c(-c6ccc7ccc8ccc(-c9ccc%10ccc%11c(-c%12ccncc%12)ccc%12ccc9c%10c%12%11)c9ccc6c7c89)ccc6ccc3c4c65)ccnc2c1. The van der Waals surface area contributed by atoms with Gasteiger partial charge in [-0.05, 0) is 166 Å². The lowest BCUT2D eigenvalue weighted by Crippen LogP contribution is -1.93. The highest BCUT2D eigenvalue weighted by Gasteiger charge is 2.21. The van der Waals surface area contributed by atoms with E-state index in [1.807, 2.05) is 18.6 Å². The standard InChI is InChI=1S/C62H34N2/c1-2-4-56-49(3-1)48(31-34-64-56)47-22-12-41-15-25-52-44(21-11-40-16-26-53(47)62(41)61(40)52)46-19-9-37-6-5-36-8-18-45(54-27-28-55(46)59(37)58(36)54)43-20-10-39-13-23-50-42(35-29-32-63-33-30-35)17-7-38-14-24-51(43)60(39)57(38)50/h1-34H. The summed E-state index contributed by atoms with van der Waals surface area (Å²) in [6, 6.07) is 70.7. The van der Waals surface area contributed by atoms with Crippen molar-refractivity contribution >= 4 is 108 Å². The summed E-state index contributed by atoms with van der Waals surface area (Å²) >= 11 is 0. The molecule has 0 aliphatic carbocycles. The van der Waals surface area contributed by atoms with Gasteiger partial charge in [-0.15, -0.1) is 0 Å². The molecule has 0 fully saturated rings. The van der Waals surface area contributed by atoms with E-state index in [1.54, 1.807) is 0 Å². The lowest BCUT2D eigenvalue weighted by molar-refractivity contribution is 1.33. The van der Waals surface area contributed by atoms with Crippen molar-refractivity contribution in [2.45, 2.75) is 0 Å². The van der Waals surface area contributed by atoms with Crippen LogP contribution in [0.3, 0.4) is 0 Å². The van der Waals surface area contributed by atoms with Gasteiger partial charge in [-0.3, -0.25) is 9.97 Å². The minimum absolute atomic E-state index is 1.01. The molecule has 2 aromatic heterocycles. The van der Waals surface area contributed by atoms with Gasteiger partial charge >= 0.3 is 0 Å². The molecule has 0 unspecified atom stereocenters. The van der Waals surface area contributed by atoms with Crippen LogP contribution in [0, 0.1) is 0 Å². The lowest BCUT2D eigenvalue weighted by atomic mass is 9.83. The molecule has 2 nitrogen and oxygen atoms in total. The smallest absolute Gasteiger partial charge is 0.0708 e. The van der Waals surface area contributed by atoms with Crippen LogP contribution in [0.1, 0.15) is 0 Å². The molecule has 15 aromatic rings. The van der Waals surface area contributed by atoms with Gasteiger partial charge in [0.25, 0.3) is 0 Å². The predicted octanol–water partition coefficient (Wildman–Crippen LogP) is 17.0. The maximum absolute atomic E-state index is 4.69. The first-order valence-corrected chi connectivity index (χ1v) is 22.1. The Balaban J connectivity index is 0.950. The summed E-state index contributed by atoms with van der Waals surface area (Å²) in [5.74, 6) is 0. The number of rotatable bonds is 4. The first kappa shape index (κ1) is 34.2. The largest absolute Gasteiger partial charge is 0.265 e. The van der Waals surface area contributed by atoms with E-state index in [1.165, 1.54) is 147 Å². The van der Waals surface area contributed by atoms with Gasteiger partial charge in [-0.25, -0.2) is 0 Å². The summed E-state index contributed by atoms with van der Waals surface area (Å²) in [5.41, 5.74) is 10.9. The molecule has 0 aliphatic heterocycles. The fourth-order valence-corrected chi connectivity index (χ4v) is 11.7. The van der Waals surface area contributed by atoms with Crippen LogP contribution in [0.15, 0.2) is 207 Å². The average Bonchev–Trinajstić information content (AvgIpc) is 3.36. The quantitative estimate of drug-likeness (QED) is 0.166. The van der Waals surface area contributed by atoms with Gasteiger partial charge in [0.05, 0.1) is 5.52 Å². The number of aromatic nitrogens is 2. The Labute approximate surface area is 367 Å². The predicted molar refractivity (Wildman–Crippen MR) is 272 cm³/mol. The molecule has 0 N–H and O–H groups in total. The molecule has 2 heteroatoms. The molecule has 292 valence electrons. The van der Waals surface area contributed by atoms with E-state index in [0.29, 0.717) is 0 Å². The number of hydrogen-bond donors (Lipinski definition) is 0. The molecule has 64 heavy (non-hydrogen) atoms. The highest BCUT2D eigenvalue weighted by atomic mass is 14.6. The summed E-state index contributed by atoms with van der Waals surface area (Å²) in [7, 11) is 0. The summed E-state index contributed by atoms with van der Waals surface area (Å²) in [4.78, 5) is 8.99. The third-order valence-electron chi connectivity index (χ3n) is 14.5. The summed E-state index contributed by atoms with van der Waals surface area (Å²) in [6.07, 6.45) is 5.71. The number of nitrogens with zero attached hydrogens (tertiary/aromatic N) is 2. The topological polar surface area (TPSA) is 25.8 Å². The van der Waals surface area contributed by atoms with Crippen molar-refractivity contribution in [3.05, 3.63) is 207 Å². The number of para-hydroxylation sites is 1. The van der Waals surface area contributed by atoms with E-state index in [9.17, 15) is 0 Å². The summed E-state index contributed by atoms with van der Waals surface area (Å²) in [5, 5.41) is 24.4. The normalized spacial score (nSPS) is 12.4. The van der Waals surface area contributed by atoms with E-state index in [0.717, 1.165) is 5.52 Å². The minimum Gasteiger partial charge on any atom is -0.265 e. The summed E-state index contributed by atoms with van der Waals surface area (Å²) < 4.78 is 0. The van der Waals surface area contributed by atoms with Crippen LogP contribution in [-0.4, -0.2) is 9.97 Å². The van der Waals surface area contributed by atoms with E-state index in [-0.39, 0.29) is 0 Å². The fourth-order valence-electron chi connectivity index (χ4n) is 11.7. The average molecular weight is 807 g/mol. The Morgan fingerprint density at radius 2 is 0.531 bits per heavy atom. The van der Waals surface area contributed by atoms with Crippen molar-refractivity contribution in [3.63, 3.8) is 0 Å². The molecule has 2 heterocycles. The maximum atomic E-state index is 4.69. The minimum atomic E-state index is 1.01. The van der Waals surface area contributed by atoms with Crippen molar-refractivity contribution in [3.8, 4) is 44.5 Å². The second kappa shape index (κ2) is 12.6. The van der Waals surface area contributed by atoms with Crippen LogP contribution < -0.4 is 0 Å². The van der Waals surface area contributed by atoms with Gasteiger partial charge in [0.15, 0.2) is 0 Å². The molecule has 15 rings (SSSR count). The second-order valence-corrected chi connectivity index (χ2v) is 17.6. The van der Waals surface area contributed by atoms with Gasteiger partial charge < -0.3 is 0 Å². The Kier molecular flexibility index (Phi) is 6.71. The van der Waals surface area contributed by atoms with Gasteiger partial charge in [-0.1, -0.05) is 164 Å². The molecule has 13 aromatic carbocycles. The number of fused-ring (bicyclic) bond motifs is 1. The molecule has 0 radical (unpaired) electrons. The van der Waals surface area contributed by atoms with E-state index in [4.69, 9.17) is 0 Å².